The van der Waals surface area contributed by atoms with Gasteiger partial charge in [0.15, 0.2) is 23.9 Å². The molecule has 8 heteroatoms. The molecule has 31 heavy (non-hydrogen) atoms. The van der Waals surface area contributed by atoms with E-state index in [-0.39, 0.29) is 18.1 Å². The van der Waals surface area contributed by atoms with Crippen molar-refractivity contribution in [3.8, 4) is 17.2 Å². The van der Waals surface area contributed by atoms with Crippen LogP contribution in [0.4, 0.5) is 0 Å². The largest absolute Gasteiger partial charge is 0.486 e. The summed E-state index contributed by atoms with van der Waals surface area (Å²) in [6.07, 6.45) is 0. The third-order valence-electron chi connectivity index (χ3n) is 4.78. The zero-order chi connectivity index (χ0) is 21.8. The van der Waals surface area contributed by atoms with Gasteiger partial charge >= 0.3 is 0 Å². The number of carbonyl (C=O) groups is 1. The zero-order valence-electron chi connectivity index (χ0n) is 17.7. The van der Waals surface area contributed by atoms with Gasteiger partial charge in [0.1, 0.15) is 19.0 Å². The lowest BCUT2D eigenvalue weighted by Crippen LogP contribution is -2.16. The second kappa shape index (κ2) is 9.43. The van der Waals surface area contributed by atoms with E-state index >= 15 is 0 Å². The van der Waals surface area contributed by atoms with E-state index in [1.54, 1.807) is 18.2 Å². The van der Waals surface area contributed by atoms with E-state index in [9.17, 15) is 4.79 Å². The minimum absolute atomic E-state index is 0.0562. The van der Waals surface area contributed by atoms with Crippen molar-refractivity contribution in [1.29, 1.82) is 0 Å². The first-order valence-electron chi connectivity index (χ1n) is 10.1. The lowest BCUT2D eigenvalue weighted by atomic mass is 10.0. The number of Topliss-reactive ketones (excluding diaryl/α,β-unsaturated/α-hetero) is 1. The Balaban J connectivity index is 1.33. The van der Waals surface area contributed by atoms with Crippen molar-refractivity contribution in [1.82, 2.24) is 10.2 Å². The molecule has 0 fully saturated rings. The average Bonchev–Trinajstić information content (AvgIpc) is 3.23. The van der Waals surface area contributed by atoms with E-state index in [4.69, 9.17) is 18.6 Å². The van der Waals surface area contributed by atoms with Gasteiger partial charge in [-0.05, 0) is 48.2 Å². The first kappa shape index (κ1) is 21.2. The fraction of sp³-hybridized carbons (Fsp3) is 0.348. The van der Waals surface area contributed by atoms with Crippen LogP contribution in [0.15, 0.2) is 46.0 Å². The maximum atomic E-state index is 12.5. The highest BCUT2D eigenvalue weighted by atomic mass is 32.2. The maximum Gasteiger partial charge on any atom is 0.277 e. The molecule has 0 aliphatic carbocycles. The first-order chi connectivity index (χ1) is 15.0. The fourth-order valence-corrected chi connectivity index (χ4v) is 3.84. The van der Waals surface area contributed by atoms with Crippen LogP contribution in [-0.4, -0.2) is 34.9 Å². The number of thioether (sulfide) groups is 1. The summed E-state index contributed by atoms with van der Waals surface area (Å²) >= 11 is 1.20. The Morgan fingerprint density at radius 1 is 1.10 bits per heavy atom. The van der Waals surface area contributed by atoms with Gasteiger partial charge in [-0.15, -0.1) is 10.2 Å². The molecule has 0 bridgehead atoms. The lowest BCUT2D eigenvalue weighted by molar-refractivity contribution is 0.102. The molecular weight excluding hydrogens is 416 g/mol. The summed E-state index contributed by atoms with van der Waals surface area (Å²) in [7, 11) is 0. The van der Waals surface area contributed by atoms with Crippen LogP contribution in [0.2, 0.25) is 0 Å². The van der Waals surface area contributed by atoms with Gasteiger partial charge in [0.05, 0.1) is 5.75 Å². The third kappa shape index (κ3) is 5.19. The molecule has 2 heterocycles. The number of carbonyl (C=O) groups excluding carboxylic acids is 1. The number of rotatable bonds is 8. The Labute approximate surface area is 185 Å². The van der Waals surface area contributed by atoms with E-state index in [2.05, 4.69) is 36.2 Å². The Bertz CT molecular complexity index is 1080. The Morgan fingerprint density at radius 3 is 2.71 bits per heavy atom. The quantitative estimate of drug-likeness (QED) is 0.364. The molecule has 3 aromatic rings. The van der Waals surface area contributed by atoms with Gasteiger partial charge in [0.25, 0.3) is 11.1 Å². The smallest absolute Gasteiger partial charge is 0.277 e. The molecule has 0 saturated carbocycles. The molecule has 0 atom stereocenters. The molecule has 1 aliphatic heterocycles. The second-order valence-electron chi connectivity index (χ2n) is 7.52. The molecule has 0 N–H and O–H groups in total. The second-order valence-corrected chi connectivity index (χ2v) is 8.44. The number of nitrogens with zero attached hydrogens (tertiary/aromatic N) is 2. The van der Waals surface area contributed by atoms with Crippen molar-refractivity contribution in [3.05, 3.63) is 59.0 Å². The summed E-state index contributed by atoms with van der Waals surface area (Å²) in [4.78, 5) is 12.5. The summed E-state index contributed by atoms with van der Waals surface area (Å²) in [5.41, 5.74) is 2.81. The number of ketones is 1. The number of fused-ring (bicyclic) bond motifs is 1. The number of hydrogen-bond acceptors (Lipinski definition) is 8. The molecule has 162 valence electrons. The van der Waals surface area contributed by atoms with E-state index in [0.717, 1.165) is 16.9 Å². The minimum atomic E-state index is -0.0562. The molecule has 0 unspecified atom stereocenters. The SMILES string of the molecule is Cc1ccc(C(C)C)c(OCc2nnc(SCC(=O)c3ccc4c(c3)OCCO4)o2)c1. The van der Waals surface area contributed by atoms with Gasteiger partial charge in [-0.2, -0.15) is 0 Å². The fourth-order valence-electron chi connectivity index (χ4n) is 3.17. The Kier molecular flexibility index (Phi) is 6.46. The molecular formula is C23H24N2O5S. The van der Waals surface area contributed by atoms with Crippen LogP contribution in [0.25, 0.3) is 0 Å². The number of hydrogen-bond donors (Lipinski definition) is 0. The molecule has 0 amide bonds. The van der Waals surface area contributed by atoms with Crippen LogP contribution in [0.5, 0.6) is 17.2 Å². The van der Waals surface area contributed by atoms with Gasteiger partial charge in [-0.1, -0.05) is 37.7 Å². The summed E-state index contributed by atoms with van der Waals surface area (Å²) in [6.45, 7) is 7.44. The highest BCUT2D eigenvalue weighted by Crippen LogP contribution is 2.32. The summed E-state index contributed by atoms with van der Waals surface area (Å²) in [5.74, 6) is 2.90. The first-order valence-corrected chi connectivity index (χ1v) is 11.1. The molecule has 2 aromatic carbocycles. The number of aryl methyl sites for hydroxylation is 1. The van der Waals surface area contributed by atoms with Crippen molar-refractivity contribution in [2.24, 2.45) is 0 Å². The number of benzene rings is 2. The van der Waals surface area contributed by atoms with E-state index in [1.165, 1.54) is 11.8 Å². The lowest BCUT2D eigenvalue weighted by Gasteiger charge is -2.18. The normalized spacial score (nSPS) is 12.8. The number of ether oxygens (including phenoxy) is 3. The van der Waals surface area contributed by atoms with Crippen molar-refractivity contribution >= 4 is 17.5 Å². The standard InChI is InChI=1S/C23H24N2O5S/c1-14(2)17-6-4-15(3)10-20(17)29-12-22-24-25-23(30-22)31-13-18(26)16-5-7-19-21(11-16)28-9-8-27-19/h4-7,10-11,14H,8-9,12-13H2,1-3H3. The van der Waals surface area contributed by atoms with Crippen LogP contribution in [0.3, 0.4) is 0 Å². The molecule has 1 aliphatic rings. The minimum Gasteiger partial charge on any atom is -0.486 e. The van der Waals surface area contributed by atoms with Crippen LogP contribution in [0, 0.1) is 6.92 Å². The van der Waals surface area contributed by atoms with Crippen molar-refractivity contribution < 1.29 is 23.4 Å². The summed E-state index contributed by atoms with van der Waals surface area (Å²) in [6, 6.07) is 11.4. The molecule has 0 saturated heterocycles. The van der Waals surface area contributed by atoms with Crippen LogP contribution >= 0.6 is 11.8 Å². The van der Waals surface area contributed by atoms with Crippen LogP contribution in [0.1, 0.15) is 47.1 Å². The number of aromatic nitrogens is 2. The van der Waals surface area contributed by atoms with E-state index < -0.39 is 0 Å². The molecule has 0 radical (unpaired) electrons. The van der Waals surface area contributed by atoms with E-state index in [0.29, 0.717) is 47.3 Å². The van der Waals surface area contributed by atoms with Gasteiger partial charge in [-0.3, -0.25) is 4.79 Å². The van der Waals surface area contributed by atoms with Crippen molar-refractivity contribution in [3.63, 3.8) is 0 Å². The molecule has 7 nitrogen and oxygen atoms in total. The topological polar surface area (TPSA) is 83.7 Å². The van der Waals surface area contributed by atoms with Crippen LogP contribution < -0.4 is 14.2 Å². The van der Waals surface area contributed by atoms with E-state index in [1.807, 2.05) is 13.0 Å². The average molecular weight is 441 g/mol. The molecule has 1 aromatic heterocycles. The van der Waals surface area contributed by atoms with Gasteiger partial charge < -0.3 is 18.6 Å². The zero-order valence-corrected chi connectivity index (χ0v) is 18.5. The predicted molar refractivity (Wildman–Crippen MR) is 116 cm³/mol. The third-order valence-corrected chi connectivity index (χ3v) is 5.60. The highest BCUT2D eigenvalue weighted by Gasteiger charge is 2.17. The van der Waals surface area contributed by atoms with Crippen molar-refractivity contribution in [2.45, 2.75) is 38.5 Å². The monoisotopic (exact) mass is 440 g/mol. The highest BCUT2D eigenvalue weighted by molar-refractivity contribution is 7.99. The van der Waals surface area contributed by atoms with Crippen molar-refractivity contribution in [2.75, 3.05) is 19.0 Å². The maximum absolute atomic E-state index is 12.5. The predicted octanol–water partition coefficient (Wildman–Crippen LogP) is 4.83. The molecule has 0 spiro atoms. The summed E-state index contributed by atoms with van der Waals surface area (Å²) in [5, 5.41) is 8.37. The molecule has 4 rings (SSSR count). The van der Waals surface area contributed by atoms with Crippen LogP contribution in [-0.2, 0) is 6.61 Å². The Morgan fingerprint density at radius 2 is 1.90 bits per heavy atom. The summed E-state index contributed by atoms with van der Waals surface area (Å²) < 4.78 is 22.6. The van der Waals surface area contributed by atoms with Gasteiger partial charge in [0.2, 0.25) is 0 Å². The Hall–Kier alpha value is -3.00. The van der Waals surface area contributed by atoms with Gasteiger partial charge in [-0.25, -0.2) is 0 Å². The van der Waals surface area contributed by atoms with Gasteiger partial charge in [0, 0.05) is 5.56 Å².